The van der Waals surface area contributed by atoms with E-state index in [9.17, 15) is 0 Å². The van der Waals surface area contributed by atoms with Crippen LogP contribution in [0.4, 0.5) is 0 Å². The minimum absolute atomic E-state index is 0. The second-order valence-corrected chi connectivity index (χ2v) is 5.32. The minimum Gasteiger partial charge on any atom is -0.491 e. The van der Waals surface area contributed by atoms with Crippen LogP contribution in [0.3, 0.4) is 0 Å². The molecule has 2 rings (SSSR count). The number of ether oxygens (including phenoxy) is 2. The van der Waals surface area contributed by atoms with Crippen molar-refractivity contribution in [2.45, 2.75) is 19.5 Å². The van der Waals surface area contributed by atoms with Crippen LogP contribution in [0.1, 0.15) is 12.5 Å². The number of likely N-dealkylation sites (tertiary alicyclic amines) is 1. The van der Waals surface area contributed by atoms with Crippen LogP contribution in [-0.4, -0.2) is 44.4 Å². The zero-order valence-electron chi connectivity index (χ0n) is 12.2. The van der Waals surface area contributed by atoms with E-state index in [2.05, 4.69) is 24.0 Å². The Labute approximate surface area is 127 Å². The molecule has 5 heteroatoms. The second-order valence-electron chi connectivity index (χ2n) is 5.32. The fraction of sp³-hybridized carbons (Fsp3) is 0.600. The molecule has 0 radical (unpaired) electrons. The van der Waals surface area contributed by atoms with Crippen LogP contribution in [0.2, 0.25) is 0 Å². The molecule has 2 N–H and O–H groups in total. The lowest BCUT2D eigenvalue weighted by atomic mass is 10.1. The van der Waals surface area contributed by atoms with E-state index in [-0.39, 0.29) is 12.4 Å². The van der Waals surface area contributed by atoms with Crippen molar-refractivity contribution in [2.75, 3.05) is 33.4 Å². The van der Waals surface area contributed by atoms with Crippen LogP contribution in [0, 0.1) is 5.92 Å². The third kappa shape index (κ3) is 4.94. The molecule has 2 atom stereocenters. The Morgan fingerprint density at radius 2 is 1.90 bits per heavy atom. The molecule has 2 unspecified atom stereocenters. The first-order valence-corrected chi connectivity index (χ1v) is 6.87. The van der Waals surface area contributed by atoms with Gasteiger partial charge < -0.3 is 15.2 Å². The van der Waals surface area contributed by atoms with E-state index in [1.54, 1.807) is 7.11 Å². The zero-order valence-corrected chi connectivity index (χ0v) is 13.1. The number of nitrogens with two attached hydrogens (primary N) is 1. The molecule has 1 aromatic carbocycles. The lowest BCUT2D eigenvalue weighted by molar-refractivity contribution is 0.146. The summed E-state index contributed by atoms with van der Waals surface area (Å²) in [7, 11) is 1.67. The van der Waals surface area contributed by atoms with Gasteiger partial charge in [0.15, 0.2) is 0 Å². The molecule has 1 aromatic rings. The Morgan fingerprint density at radius 3 is 2.45 bits per heavy atom. The predicted molar refractivity (Wildman–Crippen MR) is 83.5 cm³/mol. The Bertz CT molecular complexity index is 376. The smallest absolute Gasteiger partial charge is 0.119 e. The zero-order chi connectivity index (χ0) is 13.7. The molecule has 114 valence electrons. The van der Waals surface area contributed by atoms with Crippen LogP contribution < -0.4 is 10.5 Å². The first-order valence-electron chi connectivity index (χ1n) is 6.87. The van der Waals surface area contributed by atoms with Gasteiger partial charge in [-0.1, -0.05) is 19.1 Å². The van der Waals surface area contributed by atoms with Crippen molar-refractivity contribution in [3.8, 4) is 5.75 Å². The van der Waals surface area contributed by atoms with Crippen LogP contribution in [0.25, 0.3) is 0 Å². The summed E-state index contributed by atoms with van der Waals surface area (Å²) in [6, 6.07) is 8.60. The van der Waals surface area contributed by atoms with Crippen molar-refractivity contribution in [1.29, 1.82) is 0 Å². The molecule has 1 fully saturated rings. The normalized spacial score (nSPS) is 22.6. The predicted octanol–water partition coefficient (Wildman–Crippen LogP) is 1.91. The van der Waals surface area contributed by atoms with Crippen molar-refractivity contribution in [3.05, 3.63) is 29.8 Å². The third-order valence-corrected chi connectivity index (χ3v) is 3.63. The van der Waals surface area contributed by atoms with Crippen molar-refractivity contribution >= 4 is 12.4 Å². The number of hydrogen-bond donors (Lipinski definition) is 1. The highest BCUT2D eigenvalue weighted by atomic mass is 35.5. The maximum absolute atomic E-state index is 6.04. The van der Waals surface area contributed by atoms with Gasteiger partial charge in [-0.25, -0.2) is 0 Å². The Kier molecular flexibility index (Phi) is 7.30. The van der Waals surface area contributed by atoms with E-state index in [4.69, 9.17) is 15.2 Å². The summed E-state index contributed by atoms with van der Waals surface area (Å²) in [5, 5.41) is 0. The summed E-state index contributed by atoms with van der Waals surface area (Å²) in [6.07, 6.45) is 0. The van der Waals surface area contributed by atoms with E-state index in [1.165, 1.54) is 5.56 Å². The van der Waals surface area contributed by atoms with Crippen molar-refractivity contribution < 1.29 is 9.47 Å². The summed E-state index contributed by atoms with van der Waals surface area (Å²) >= 11 is 0. The molecule has 1 aliphatic heterocycles. The first-order chi connectivity index (χ1) is 9.19. The van der Waals surface area contributed by atoms with Crippen molar-refractivity contribution in [1.82, 2.24) is 4.90 Å². The molecule has 0 bridgehead atoms. The lowest BCUT2D eigenvalue weighted by Gasteiger charge is -2.15. The largest absolute Gasteiger partial charge is 0.491 e. The Balaban J connectivity index is 0.00000200. The van der Waals surface area contributed by atoms with Crippen LogP contribution >= 0.6 is 12.4 Å². The lowest BCUT2D eigenvalue weighted by Crippen LogP contribution is -2.28. The van der Waals surface area contributed by atoms with Crippen LogP contribution in [-0.2, 0) is 11.3 Å². The minimum atomic E-state index is 0. The summed E-state index contributed by atoms with van der Waals surface area (Å²) < 4.78 is 10.5. The van der Waals surface area contributed by atoms with Gasteiger partial charge >= 0.3 is 0 Å². The molecule has 4 nitrogen and oxygen atoms in total. The van der Waals surface area contributed by atoms with Gasteiger partial charge in [-0.3, -0.25) is 4.90 Å². The summed E-state index contributed by atoms with van der Waals surface area (Å²) in [5.74, 6) is 1.49. The van der Waals surface area contributed by atoms with Crippen molar-refractivity contribution in [2.24, 2.45) is 11.7 Å². The molecule has 0 spiro atoms. The molecular weight excluding hydrogens is 276 g/mol. The average Bonchev–Trinajstić information content (AvgIpc) is 2.71. The standard InChI is InChI=1S/C15H24N2O2.ClH/c1-12-9-17(11-15(12)16)10-13-3-5-14(6-4-13)19-8-7-18-2;/h3-6,12,15H,7-11,16H2,1-2H3;1H. The van der Waals surface area contributed by atoms with Crippen LogP contribution in [0.5, 0.6) is 5.75 Å². The van der Waals surface area contributed by atoms with Crippen LogP contribution in [0.15, 0.2) is 24.3 Å². The van der Waals surface area contributed by atoms with Gasteiger partial charge in [0.05, 0.1) is 6.61 Å². The molecule has 0 amide bonds. The van der Waals surface area contributed by atoms with Crippen molar-refractivity contribution in [3.63, 3.8) is 0 Å². The van der Waals surface area contributed by atoms with E-state index in [0.717, 1.165) is 25.4 Å². The molecule has 0 aliphatic carbocycles. The van der Waals surface area contributed by atoms with E-state index in [0.29, 0.717) is 25.2 Å². The molecule has 20 heavy (non-hydrogen) atoms. The molecular formula is C15H25ClN2O2. The summed E-state index contributed by atoms with van der Waals surface area (Å²) in [5.41, 5.74) is 7.35. The molecule has 0 aromatic heterocycles. The van der Waals surface area contributed by atoms with Gasteiger partial charge in [0, 0.05) is 32.8 Å². The number of nitrogens with zero attached hydrogens (tertiary/aromatic N) is 1. The van der Waals surface area contributed by atoms with Gasteiger partial charge in [-0.2, -0.15) is 0 Å². The number of hydrogen-bond acceptors (Lipinski definition) is 4. The Morgan fingerprint density at radius 1 is 1.20 bits per heavy atom. The van der Waals surface area contributed by atoms with Gasteiger partial charge in [0.2, 0.25) is 0 Å². The highest BCUT2D eigenvalue weighted by Gasteiger charge is 2.26. The monoisotopic (exact) mass is 300 g/mol. The Hall–Kier alpha value is -0.810. The molecule has 1 saturated heterocycles. The SMILES string of the molecule is COCCOc1ccc(CN2CC(C)C(N)C2)cc1.Cl. The number of methoxy groups -OCH3 is 1. The second kappa shape index (κ2) is 8.47. The van der Waals surface area contributed by atoms with Gasteiger partial charge in [-0.15, -0.1) is 12.4 Å². The summed E-state index contributed by atoms with van der Waals surface area (Å²) in [4.78, 5) is 2.41. The first kappa shape index (κ1) is 17.2. The highest BCUT2D eigenvalue weighted by Crippen LogP contribution is 2.19. The highest BCUT2D eigenvalue weighted by molar-refractivity contribution is 5.85. The number of benzene rings is 1. The van der Waals surface area contributed by atoms with E-state index >= 15 is 0 Å². The van der Waals surface area contributed by atoms with Gasteiger partial charge in [0.1, 0.15) is 12.4 Å². The van der Waals surface area contributed by atoms with E-state index < -0.39 is 0 Å². The van der Waals surface area contributed by atoms with Gasteiger partial charge in [0.25, 0.3) is 0 Å². The summed E-state index contributed by atoms with van der Waals surface area (Å²) in [6.45, 7) is 6.48. The number of halogens is 1. The van der Waals surface area contributed by atoms with Gasteiger partial charge in [-0.05, 0) is 23.6 Å². The quantitative estimate of drug-likeness (QED) is 0.815. The molecule has 1 heterocycles. The molecule has 1 aliphatic rings. The maximum Gasteiger partial charge on any atom is 0.119 e. The fourth-order valence-corrected chi connectivity index (χ4v) is 2.42. The van der Waals surface area contributed by atoms with E-state index in [1.807, 2.05) is 12.1 Å². The molecule has 0 saturated carbocycles. The topological polar surface area (TPSA) is 47.7 Å². The average molecular weight is 301 g/mol. The maximum atomic E-state index is 6.04. The third-order valence-electron chi connectivity index (χ3n) is 3.63. The number of rotatable bonds is 6. The fourth-order valence-electron chi connectivity index (χ4n) is 2.42.